The Morgan fingerprint density at radius 2 is 2.00 bits per heavy atom. The minimum atomic E-state index is -0.0663. The average molecular weight is 202 g/mol. The van der Waals surface area contributed by atoms with Crippen LogP contribution >= 0.6 is 23.2 Å². The van der Waals surface area contributed by atoms with Crippen molar-refractivity contribution >= 4 is 23.2 Å². The van der Waals surface area contributed by atoms with E-state index in [4.69, 9.17) is 33.6 Å². The zero-order valence-corrected chi connectivity index (χ0v) is 7.52. The summed E-state index contributed by atoms with van der Waals surface area (Å²) in [6.07, 6.45) is 0.193. The van der Waals surface area contributed by atoms with E-state index in [0.29, 0.717) is 10.6 Å². The molecule has 0 amide bonds. The molecule has 0 aliphatic heterocycles. The smallest absolute Gasteiger partial charge is 0.135 e. The summed E-state index contributed by atoms with van der Waals surface area (Å²) in [6, 6.07) is 4.77. The largest absolute Gasteiger partial charge is 0.506 e. The van der Waals surface area contributed by atoms with Crippen molar-refractivity contribution in [2.24, 2.45) is 0 Å². The molecule has 62 valence electrons. The lowest BCUT2D eigenvalue weighted by atomic mass is 10.1. The first-order valence-electron chi connectivity index (χ1n) is 3.19. The highest BCUT2D eigenvalue weighted by Crippen LogP contribution is 2.29. The molecule has 0 unspecified atom stereocenters. The molecule has 1 rings (SSSR count). The molecule has 0 spiro atoms. The third-order valence-corrected chi connectivity index (χ3v) is 2.04. The molecule has 0 saturated heterocycles. The lowest BCUT2D eigenvalue weighted by Gasteiger charge is -2.01. The van der Waals surface area contributed by atoms with E-state index < -0.39 is 0 Å². The lowest BCUT2D eigenvalue weighted by Crippen LogP contribution is -1.83. The average Bonchev–Trinajstić information content (AvgIpc) is 2.01. The zero-order valence-electron chi connectivity index (χ0n) is 6.01. The van der Waals surface area contributed by atoms with E-state index in [1.165, 1.54) is 12.1 Å². The third kappa shape index (κ3) is 1.82. The van der Waals surface area contributed by atoms with Gasteiger partial charge in [0.25, 0.3) is 0 Å². The molecule has 0 bridgehead atoms. The van der Waals surface area contributed by atoms with Crippen molar-refractivity contribution in [1.82, 2.24) is 0 Å². The number of phenols is 1. The number of hydrogen-bond acceptors (Lipinski definition) is 2. The van der Waals surface area contributed by atoms with Crippen LogP contribution in [0.2, 0.25) is 10.0 Å². The van der Waals surface area contributed by atoms with E-state index in [1.807, 2.05) is 6.07 Å². The minimum absolute atomic E-state index is 0.0663. The molecular weight excluding hydrogens is 197 g/mol. The lowest BCUT2D eigenvalue weighted by molar-refractivity contribution is 0.475. The van der Waals surface area contributed by atoms with Crippen molar-refractivity contribution in [3.05, 3.63) is 27.7 Å². The van der Waals surface area contributed by atoms with Gasteiger partial charge < -0.3 is 5.11 Å². The molecule has 1 N–H and O–H groups in total. The molecule has 12 heavy (non-hydrogen) atoms. The second-order valence-corrected chi connectivity index (χ2v) is 3.04. The van der Waals surface area contributed by atoms with Gasteiger partial charge in [0.1, 0.15) is 5.75 Å². The van der Waals surface area contributed by atoms with Crippen LogP contribution in [0.5, 0.6) is 5.75 Å². The van der Waals surface area contributed by atoms with Gasteiger partial charge >= 0.3 is 0 Å². The monoisotopic (exact) mass is 201 g/mol. The maximum Gasteiger partial charge on any atom is 0.135 e. The number of nitriles is 1. The summed E-state index contributed by atoms with van der Waals surface area (Å²) in [7, 11) is 0. The molecule has 0 aliphatic carbocycles. The summed E-state index contributed by atoms with van der Waals surface area (Å²) < 4.78 is 0. The van der Waals surface area contributed by atoms with Crippen LogP contribution in [-0.4, -0.2) is 5.11 Å². The van der Waals surface area contributed by atoms with Crippen LogP contribution in [0.1, 0.15) is 5.56 Å². The number of rotatable bonds is 1. The highest BCUT2D eigenvalue weighted by molar-refractivity contribution is 6.34. The Hall–Kier alpha value is -0.910. The molecule has 0 heterocycles. The van der Waals surface area contributed by atoms with Crippen LogP contribution in [0.3, 0.4) is 0 Å². The Balaban J connectivity index is 3.16. The first kappa shape index (κ1) is 9.18. The van der Waals surface area contributed by atoms with Gasteiger partial charge in [-0.2, -0.15) is 5.26 Å². The van der Waals surface area contributed by atoms with E-state index in [-0.39, 0.29) is 17.2 Å². The Morgan fingerprint density at radius 3 is 2.58 bits per heavy atom. The Labute approximate surface area is 80.0 Å². The van der Waals surface area contributed by atoms with Gasteiger partial charge in [-0.15, -0.1) is 0 Å². The van der Waals surface area contributed by atoms with Gasteiger partial charge in [-0.3, -0.25) is 0 Å². The van der Waals surface area contributed by atoms with Gasteiger partial charge in [-0.05, 0) is 11.6 Å². The van der Waals surface area contributed by atoms with Crippen LogP contribution in [-0.2, 0) is 6.42 Å². The van der Waals surface area contributed by atoms with Crippen LogP contribution in [0.25, 0.3) is 0 Å². The fraction of sp³-hybridized carbons (Fsp3) is 0.125. The van der Waals surface area contributed by atoms with E-state index in [0.717, 1.165) is 0 Å². The second-order valence-electron chi connectivity index (χ2n) is 2.23. The molecule has 0 atom stereocenters. The van der Waals surface area contributed by atoms with Gasteiger partial charge in [0.15, 0.2) is 0 Å². The SMILES string of the molecule is N#CCc1cc(Cl)c(O)cc1Cl. The predicted octanol–water partition coefficient (Wildman–Crippen LogP) is 2.77. The fourth-order valence-electron chi connectivity index (χ4n) is 0.798. The fourth-order valence-corrected chi connectivity index (χ4v) is 1.21. The normalized spacial score (nSPS) is 9.42. The number of benzene rings is 1. The van der Waals surface area contributed by atoms with Gasteiger partial charge in [0.05, 0.1) is 17.5 Å². The van der Waals surface area contributed by atoms with Crippen LogP contribution in [0.15, 0.2) is 12.1 Å². The topological polar surface area (TPSA) is 44.0 Å². The highest BCUT2D eigenvalue weighted by Gasteiger charge is 2.05. The molecule has 2 nitrogen and oxygen atoms in total. The molecule has 0 saturated carbocycles. The molecule has 0 aliphatic rings. The first-order chi connectivity index (χ1) is 5.65. The quantitative estimate of drug-likeness (QED) is 0.760. The van der Waals surface area contributed by atoms with E-state index in [2.05, 4.69) is 0 Å². The van der Waals surface area contributed by atoms with Crippen molar-refractivity contribution < 1.29 is 5.11 Å². The van der Waals surface area contributed by atoms with E-state index >= 15 is 0 Å². The van der Waals surface area contributed by atoms with Crippen LogP contribution in [0, 0.1) is 11.3 Å². The number of halogens is 2. The zero-order chi connectivity index (χ0) is 9.14. The Kier molecular flexibility index (Phi) is 2.80. The number of hydrogen-bond donors (Lipinski definition) is 1. The third-order valence-electron chi connectivity index (χ3n) is 1.39. The van der Waals surface area contributed by atoms with Crippen LogP contribution < -0.4 is 0 Å². The van der Waals surface area contributed by atoms with E-state index in [9.17, 15) is 0 Å². The van der Waals surface area contributed by atoms with Crippen molar-refractivity contribution in [3.8, 4) is 11.8 Å². The molecule has 4 heteroatoms. The number of nitrogens with zero attached hydrogens (tertiary/aromatic N) is 1. The van der Waals surface area contributed by atoms with Crippen molar-refractivity contribution in [1.29, 1.82) is 5.26 Å². The standard InChI is InChI=1S/C8H5Cl2NO/c9-6-4-8(12)7(10)3-5(6)1-2-11/h3-4,12H,1H2. The van der Waals surface area contributed by atoms with Crippen molar-refractivity contribution in [2.45, 2.75) is 6.42 Å². The second kappa shape index (κ2) is 3.66. The summed E-state index contributed by atoms with van der Waals surface area (Å²) >= 11 is 11.3. The van der Waals surface area contributed by atoms with Crippen molar-refractivity contribution in [3.63, 3.8) is 0 Å². The predicted molar refractivity (Wildman–Crippen MR) is 47.4 cm³/mol. The van der Waals surface area contributed by atoms with Crippen LogP contribution in [0.4, 0.5) is 0 Å². The summed E-state index contributed by atoms with van der Waals surface area (Å²) in [4.78, 5) is 0. The molecular formula is C8H5Cl2NO. The van der Waals surface area contributed by atoms with Crippen molar-refractivity contribution in [2.75, 3.05) is 0 Å². The van der Waals surface area contributed by atoms with Gasteiger partial charge in [0.2, 0.25) is 0 Å². The van der Waals surface area contributed by atoms with E-state index in [1.54, 1.807) is 0 Å². The summed E-state index contributed by atoms with van der Waals surface area (Å²) in [5.41, 5.74) is 0.627. The van der Waals surface area contributed by atoms with Gasteiger partial charge in [-0.25, -0.2) is 0 Å². The molecule has 1 aromatic carbocycles. The first-order valence-corrected chi connectivity index (χ1v) is 3.94. The summed E-state index contributed by atoms with van der Waals surface area (Å²) in [5, 5.41) is 18.1. The molecule has 0 radical (unpaired) electrons. The molecule has 1 aromatic rings. The molecule has 0 fully saturated rings. The Bertz CT molecular complexity index is 344. The molecule has 0 aromatic heterocycles. The maximum absolute atomic E-state index is 9.09. The number of aromatic hydroxyl groups is 1. The Morgan fingerprint density at radius 1 is 1.33 bits per heavy atom. The van der Waals surface area contributed by atoms with Gasteiger partial charge in [-0.1, -0.05) is 23.2 Å². The maximum atomic E-state index is 9.09. The summed E-state index contributed by atoms with van der Waals surface area (Å²) in [5.74, 6) is -0.0663. The summed E-state index contributed by atoms with van der Waals surface area (Å²) in [6.45, 7) is 0. The number of phenolic OH excluding ortho intramolecular Hbond substituents is 1. The minimum Gasteiger partial charge on any atom is -0.506 e. The van der Waals surface area contributed by atoms with Gasteiger partial charge in [0, 0.05) is 11.1 Å². The highest BCUT2D eigenvalue weighted by atomic mass is 35.5.